The molecule has 0 aliphatic rings. The maximum atomic E-state index is 11.3. The van der Waals surface area contributed by atoms with Crippen LogP contribution in [0.4, 0.5) is 0 Å². The van der Waals surface area contributed by atoms with Gasteiger partial charge >= 0.3 is 5.97 Å². The van der Waals surface area contributed by atoms with E-state index >= 15 is 0 Å². The normalized spacial score (nSPS) is 10.8. The molecule has 2 heterocycles. The Kier molecular flexibility index (Phi) is 5.07. The van der Waals surface area contributed by atoms with E-state index in [2.05, 4.69) is 21.8 Å². The van der Waals surface area contributed by atoms with Crippen molar-refractivity contribution in [2.24, 2.45) is 0 Å². The molecule has 0 fully saturated rings. The fourth-order valence-electron chi connectivity index (χ4n) is 1.91. The number of aliphatic carboxylic acids is 1. The van der Waals surface area contributed by atoms with Gasteiger partial charge in [-0.15, -0.1) is 11.8 Å². The van der Waals surface area contributed by atoms with E-state index in [0.717, 1.165) is 27.1 Å². The summed E-state index contributed by atoms with van der Waals surface area (Å²) < 4.78 is -0.930. The van der Waals surface area contributed by atoms with E-state index in [1.807, 2.05) is 13.8 Å². The summed E-state index contributed by atoms with van der Waals surface area (Å²) in [5.74, 6) is 5.42. The number of pyridine rings is 2. The number of carboxylic acid groups (broad SMARTS) is 1. The second-order valence-corrected chi connectivity index (χ2v) is 7.35. The van der Waals surface area contributed by atoms with Crippen LogP contribution in [0.1, 0.15) is 36.1 Å². The van der Waals surface area contributed by atoms with Gasteiger partial charge in [-0.25, -0.2) is 0 Å². The molecule has 0 atom stereocenters. The van der Waals surface area contributed by atoms with Crippen molar-refractivity contribution in [2.75, 3.05) is 0 Å². The zero-order chi connectivity index (χ0) is 17.0. The lowest BCUT2D eigenvalue weighted by Gasteiger charge is -2.18. The summed E-state index contributed by atoms with van der Waals surface area (Å²) in [6.07, 6.45) is 6.88. The Morgan fingerprint density at radius 3 is 2.39 bits per heavy atom. The number of carbonyl (C=O) groups is 1. The Morgan fingerprint density at radius 1 is 1.13 bits per heavy atom. The SMILES string of the molecule is Cc1cncc(C)c1C#Cc1cnccc1SC(C)(C)C(=O)O. The summed E-state index contributed by atoms with van der Waals surface area (Å²) in [5.41, 5.74) is 3.70. The molecule has 5 heteroatoms. The second-order valence-electron chi connectivity index (χ2n) is 5.69. The Bertz CT molecular complexity index is 784. The topological polar surface area (TPSA) is 63.1 Å². The average Bonchev–Trinajstić information content (AvgIpc) is 2.48. The zero-order valence-electron chi connectivity index (χ0n) is 13.5. The molecule has 0 radical (unpaired) electrons. The fraction of sp³-hybridized carbons (Fsp3) is 0.278. The first kappa shape index (κ1) is 17.0. The minimum atomic E-state index is -0.930. The minimum absolute atomic E-state index is 0.724. The van der Waals surface area contributed by atoms with Crippen LogP contribution < -0.4 is 0 Å². The molecule has 1 N–H and O–H groups in total. The van der Waals surface area contributed by atoms with Crippen LogP contribution >= 0.6 is 11.8 Å². The van der Waals surface area contributed by atoms with Gasteiger partial charge in [-0.2, -0.15) is 0 Å². The van der Waals surface area contributed by atoms with Gasteiger partial charge in [0.2, 0.25) is 0 Å². The van der Waals surface area contributed by atoms with Crippen LogP contribution in [0.2, 0.25) is 0 Å². The van der Waals surface area contributed by atoms with Crippen molar-refractivity contribution in [2.45, 2.75) is 37.3 Å². The Labute approximate surface area is 140 Å². The molecule has 0 aliphatic heterocycles. The van der Waals surface area contributed by atoms with Gasteiger partial charge in [0.15, 0.2) is 0 Å². The van der Waals surface area contributed by atoms with Crippen molar-refractivity contribution in [3.8, 4) is 11.8 Å². The third-order valence-corrected chi connectivity index (χ3v) is 4.57. The van der Waals surface area contributed by atoms with Gasteiger partial charge in [0, 0.05) is 35.2 Å². The summed E-state index contributed by atoms with van der Waals surface area (Å²) in [4.78, 5) is 20.4. The smallest absolute Gasteiger partial charge is 0.319 e. The molecule has 0 saturated heterocycles. The number of aryl methyl sites for hydroxylation is 2. The number of thioether (sulfide) groups is 1. The molecule has 0 saturated carbocycles. The highest BCUT2D eigenvalue weighted by Crippen LogP contribution is 2.34. The number of aromatic nitrogens is 2. The molecule has 0 bridgehead atoms. The van der Waals surface area contributed by atoms with Crippen LogP contribution in [0, 0.1) is 25.7 Å². The first-order chi connectivity index (χ1) is 10.8. The van der Waals surface area contributed by atoms with Crippen LogP contribution in [0.15, 0.2) is 35.7 Å². The molecule has 118 valence electrons. The van der Waals surface area contributed by atoms with E-state index in [1.54, 1.807) is 44.7 Å². The van der Waals surface area contributed by atoms with Gasteiger partial charge in [-0.3, -0.25) is 14.8 Å². The van der Waals surface area contributed by atoms with Gasteiger partial charge in [0.25, 0.3) is 0 Å². The summed E-state index contributed by atoms with van der Waals surface area (Å²) in [6.45, 7) is 7.29. The number of hydrogen-bond acceptors (Lipinski definition) is 4. The van der Waals surface area contributed by atoms with Crippen LogP contribution in [0.3, 0.4) is 0 Å². The lowest BCUT2D eigenvalue weighted by Crippen LogP contribution is -2.27. The Balaban J connectivity index is 2.40. The molecular weight excluding hydrogens is 308 g/mol. The lowest BCUT2D eigenvalue weighted by molar-refractivity contribution is -0.138. The summed E-state index contributed by atoms with van der Waals surface area (Å²) in [5, 5.41) is 9.29. The molecule has 0 spiro atoms. The van der Waals surface area contributed by atoms with E-state index in [0.29, 0.717) is 0 Å². The molecule has 2 rings (SSSR count). The van der Waals surface area contributed by atoms with Gasteiger partial charge in [0.05, 0.1) is 5.56 Å². The Morgan fingerprint density at radius 2 is 1.78 bits per heavy atom. The highest BCUT2D eigenvalue weighted by molar-refractivity contribution is 8.01. The maximum absolute atomic E-state index is 11.3. The largest absolute Gasteiger partial charge is 0.480 e. The number of rotatable bonds is 3. The van der Waals surface area contributed by atoms with Crippen molar-refractivity contribution < 1.29 is 9.90 Å². The summed E-state index contributed by atoms with van der Waals surface area (Å²) >= 11 is 1.27. The zero-order valence-corrected chi connectivity index (χ0v) is 14.4. The molecule has 0 aliphatic carbocycles. The highest BCUT2D eigenvalue weighted by atomic mass is 32.2. The molecule has 2 aromatic heterocycles. The molecule has 23 heavy (non-hydrogen) atoms. The van der Waals surface area contributed by atoms with E-state index in [-0.39, 0.29) is 0 Å². The molecule has 0 unspecified atom stereocenters. The van der Waals surface area contributed by atoms with Gasteiger partial charge in [-0.1, -0.05) is 11.8 Å². The first-order valence-corrected chi connectivity index (χ1v) is 7.92. The van der Waals surface area contributed by atoms with Gasteiger partial charge < -0.3 is 5.11 Å². The van der Waals surface area contributed by atoms with Crippen LogP contribution in [-0.4, -0.2) is 25.8 Å². The van der Waals surface area contributed by atoms with Crippen LogP contribution in [0.25, 0.3) is 0 Å². The third kappa shape index (κ3) is 4.11. The molecule has 0 amide bonds. The van der Waals surface area contributed by atoms with E-state index in [4.69, 9.17) is 0 Å². The van der Waals surface area contributed by atoms with Crippen molar-refractivity contribution in [1.29, 1.82) is 0 Å². The van der Waals surface area contributed by atoms with Crippen molar-refractivity contribution in [3.05, 3.63) is 53.1 Å². The molecule has 2 aromatic rings. The molecule has 4 nitrogen and oxygen atoms in total. The van der Waals surface area contributed by atoms with Gasteiger partial charge in [-0.05, 0) is 44.9 Å². The quantitative estimate of drug-likeness (QED) is 0.691. The molecule has 0 aromatic carbocycles. The fourth-order valence-corrected chi connectivity index (χ4v) is 2.89. The number of hydrogen-bond donors (Lipinski definition) is 1. The first-order valence-electron chi connectivity index (χ1n) is 7.11. The summed E-state index contributed by atoms with van der Waals surface area (Å²) in [6, 6.07) is 1.80. The molecular formula is C18H18N2O2S. The maximum Gasteiger partial charge on any atom is 0.319 e. The second kappa shape index (κ2) is 6.84. The van der Waals surface area contributed by atoms with Crippen molar-refractivity contribution in [3.63, 3.8) is 0 Å². The predicted octanol–water partition coefficient (Wildman–Crippen LogP) is 3.45. The van der Waals surface area contributed by atoms with Crippen molar-refractivity contribution >= 4 is 17.7 Å². The predicted molar refractivity (Wildman–Crippen MR) is 91.5 cm³/mol. The van der Waals surface area contributed by atoms with Crippen molar-refractivity contribution in [1.82, 2.24) is 9.97 Å². The third-order valence-electron chi connectivity index (χ3n) is 3.31. The van der Waals surface area contributed by atoms with Crippen LogP contribution in [-0.2, 0) is 4.79 Å². The Hall–Kier alpha value is -2.32. The van der Waals surface area contributed by atoms with E-state index in [1.165, 1.54) is 11.8 Å². The number of carboxylic acids is 1. The number of nitrogens with zero attached hydrogens (tertiary/aromatic N) is 2. The lowest BCUT2D eigenvalue weighted by atomic mass is 10.1. The van der Waals surface area contributed by atoms with Gasteiger partial charge in [0.1, 0.15) is 4.75 Å². The monoisotopic (exact) mass is 326 g/mol. The highest BCUT2D eigenvalue weighted by Gasteiger charge is 2.29. The standard InChI is InChI=1S/C18H18N2O2S/c1-12-9-20-10-13(2)15(12)6-5-14-11-19-8-7-16(14)23-18(3,4)17(21)22/h7-11H,1-4H3,(H,21,22). The average molecular weight is 326 g/mol. The van der Waals surface area contributed by atoms with E-state index < -0.39 is 10.7 Å². The van der Waals surface area contributed by atoms with E-state index in [9.17, 15) is 9.90 Å². The minimum Gasteiger partial charge on any atom is -0.480 e. The van der Waals surface area contributed by atoms with Crippen LogP contribution in [0.5, 0.6) is 0 Å². The summed E-state index contributed by atoms with van der Waals surface area (Å²) in [7, 11) is 0.